The molecule has 126 valence electrons. The molecule has 1 heterocycles. The quantitative estimate of drug-likeness (QED) is 0.858. The summed E-state index contributed by atoms with van der Waals surface area (Å²) in [6.45, 7) is 5.12. The Morgan fingerprint density at radius 3 is 2.75 bits per heavy atom. The zero-order valence-electron chi connectivity index (χ0n) is 13.9. The largest absolute Gasteiger partial charge is 0.492 e. The van der Waals surface area contributed by atoms with Gasteiger partial charge in [-0.1, -0.05) is 18.2 Å². The van der Waals surface area contributed by atoms with Gasteiger partial charge in [-0.3, -0.25) is 4.79 Å². The molecule has 1 aliphatic heterocycles. The Hall–Kier alpha value is -2.69. The van der Waals surface area contributed by atoms with E-state index in [0.29, 0.717) is 24.7 Å². The number of ether oxygens (including phenoxy) is 3. The number of aryl methyl sites for hydroxylation is 2. The molecule has 5 heteroatoms. The lowest BCUT2D eigenvalue weighted by molar-refractivity contribution is -0.130. The van der Waals surface area contributed by atoms with Gasteiger partial charge in [-0.05, 0) is 49.2 Å². The second-order valence-corrected chi connectivity index (χ2v) is 5.75. The smallest absolute Gasteiger partial charge is 0.264 e. The molecule has 1 amide bonds. The van der Waals surface area contributed by atoms with E-state index in [1.807, 2.05) is 43.3 Å². The summed E-state index contributed by atoms with van der Waals surface area (Å²) in [5.41, 5.74) is 2.41. The van der Waals surface area contributed by atoms with Crippen molar-refractivity contribution in [3.05, 3.63) is 53.6 Å². The normalized spacial score (nSPS) is 15.7. The van der Waals surface area contributed by atoms with Crippen LogP contribution in [0.4, 0.5) is 0 Å². The molecule has 0 unspecified atom stereocenters. The zero-order chi connectivity index (χ0) is 16.9. The molecule has 1 N–H and O–H groups in total. The third kappa shape index (κ3) is 3.79. The van der Waals surface area contributed by atoms with Crippen LogP contribution < -0.4 is 19.5 Å². The summed E-state index contributed by atoms with van der Waals surface area (Å²) in [4.78, 5) is 12.1. The van der Waals surface area contributed by atoms with Crippen LogP contribution >= 0.6 is 0 Å². The van der Waals surface area contributed by atoms with E-state index in [2.05, 4.69) is 12.2 Å². The van der Waals surface area contributed by atoms with Gasteiger partial charge in [0.05, 0.1) is 6.54 Å². The Morgan fingerprint density at radius 2 is 1.96 bits per heavy atom. The predicted molar refractivity (Wildman–Crippen MR) is 90.8 cm³/mol. The van der Waals surface area contributed by atoms with E-state index in [1.54, 1.807) is 6.07 Å². The van der Waals surface area contributed by atoms with Gasteiger partial charge in [0.2, 0.25) is 6.10 Å². The van der Waals surface area contributed by atoms with E-state index in [4.69, 9.17) is 14.2 Å². The van der Waals surface area contributed by atoms with Crippen LogP contribution in [0.1, 0.15) is 11.1 Å². The molecule has 5 nitrogen and oxygen atoms in total. The van der Waals surface area contributed by atoms with Crippen LogP contribution in [0.3, 0.4) is 0 Å². The molecule has 24 heavy (non-hydrogen) atoms. The molecule has 1 atom stereocenters. The lowest BCUT2D eigenvalue weighted by Crippen LogP contribution is -2.45. The highest BCUT2D eigenvalue weighted by atomic mass is 16.6. The summed E-state index contributed by atoms with van der Waals surface area (Å²) in [7, 11) is 0. The highest BCUT2D eigenvalue weighted by molar-refractivity contribution is 5.81. The van der Waals surface area contributed by atoms with Crippen LogP contribution in [-0.2, 0) is 4.79 Å². The number of rotatable bonds is 5. The average molecular weight is 327 g/mol. The molecular formula is C19H21NO4. The summed E-state index contributed by atoms with van der Waals surface area (Å²) in [6, 6.07) is 13.3. The number of para-hydroxylation sites is 2. The number of carbonyl (C=O) groups is 1. The lowest BCUT2D eigenvalue weighted by Gasteiger charge is -2.25. The second-order valence-electron chi connectivity index (χ2n) is 5.75. The molecule has 0 aromatic heterocycles. The maximum Gasteiger partial charge on any atom is 0.264 e. The highest BCUT2D eigenvalue weighted by Crippen LogP contribution is 2.30. The highest BCUT2D eigenvalue weighted by Gasteiger charge is 2.26. The molecule has 1 aliphatic rings. The molecule has 2 aromatic rings. The maximum absolute atomic E-state index is 12.1. The minimum absolute atomic E-state index is 0.201. The van der Waals surface area contributed by atoms with E-state index in [9.17, 15) is 4.79 Å². The minimum atomic E-state index is -0.637. The standard InChI is InChI=1S/C19H21NO4/c1-13-7-8-15(11-14(13)2)22-10-9-20-19(21)18-12-23-16-5-3-4-6-17(16)24-18/h3-8,11,18H,9-10,12H2,1-2H3,(H,20,21)/t18-/m0/s1. The first-order chi connectivity index (χ1) is 11.6. The summed E-state index contributed by atoms with van der Waals surface area (Å²) < 4.78 is 16.8. The van der Waals surface area contributed by atoms with E-state index < -0.39 is 6.10 Å². The van der Waals surface area contributed by atoms with Crippen molar-refractivity contribution in [1.82, 2.24) is 5.32 Å². The monoisotopic (exact) mass is 327 g/mol. The number of nitrogens with one attached hydrogen (secondary N) is 1. The fourth-order valence-electron chi connectivity index (χ4n) is 2.41. The molecular weight excluding hydrogens is 306 g/mol. The minimum Gasteiger partial charge on any atom is -0.492 e. The molecule has 0 saturated heterocycles. The Kier molecular flexibility index (Phi) is 4.89. The summed E-state index contributed by atoms with van der Waals surface area (Å²) in [5.74, 6) is 1.86. The molecule has 0 spiro atoms. The van der Waals surface area contributed by atoms with Crippen molar-refractivity contribution < 1.29 is 19.0 Å². The first kappa shape index (κ1) is 16.2. The topological polar surface area (TPSA) is 56.8 Å². The summed E-state index contributed by atoms with van der Waals surface area (Å²) in [6.07, 6.45) is -0.637. The first-order valence-electron chi connectivity index (χ1n) is 8.00. The van der Waals surface area contributed by atoms with Gasteiger partial charge in [-0.25, -0.2) is 0 Å². The van der Waals surface area contributed by atoms with Crippen molar-refractivity contribution in [2.24, 2.45) is 0 Å². The number of carbonyl (C=O) groups excluding carboxylic acids is 1. The van der Waals surface area contributed by atoms with Crippen LogP contribution in [0.15, 0.2) is 42.5 Å². The van der Waals surface area contributed by atoms with Crippen molar-refractivity contribution in [2.75, 3.05) is 19.8 Å². The van der Waals surface area contributed by atoms with Crippen molar-refractivity contribution in [1.29, 1.82) is 0 Å². The fourth-order valence-corrected chi connectivity index (χ4v) is 2.41. The van der Waals surface area contributed by atoms with Gasteiger partial charge in [0.1, 0.15) is 19.0 Å². The van der Waals surface area contributed by atoms with Crippen LogP contribution in [-0.4, -0.2) is 31.8 Å². The van der Waals surface area contributed by atoms with Crippen molar-refractivity contribution in [3.63, 3.8) is 0 Å². The zero-order valence-corrected chi connectivity index (χ0v) is 13.9. The van der Waals surface area contributed by atoms with E-state index in [1.165, 1.54) is 11.1 Å². The summed E-state index contributed by atoms with van der Waals surface area (Å²) in [5, 5.41) is 2.81. The number of amides is 1. The van der Waals surface area contributed by atoms with Crippen molar-refractivity contribution >= 4 is 5.91 Å². The van der Waals surface area contributed by atoms with Gasteiger partial charge in [0, 0.05) is 0 Å². The third-order valence-electron chi connectivity index (χ3n) is 3.95. The first-order valence-corrected chi connectivity index (χ1v) is 8.00. The van der Waals surface area contributed by atoms with Gasteiger partial charge >= 0.3 is 0 Å². The van der Waals surface area contributed by atoms with Gasteiger partial charge in [-0.2, -0.15) is 0 Å². The fraction of sp³-hybridized carbons (Fsp3) is 0.316. The van der Waals surface area contributed by atoms with Gasteiger partial charge in [0.25, 0.3) is 5.91 Å². The molecule has 2 aromatic carbocycles. The van der Waals surface area contributed by atoms with E-state index >= 15 is 0 Å². The van der Waals surface area contributed by atoms with E-state index in [0.717, 1.165) is 5.75 Å². The van der Waals surface area contributed by atoms with Gasteiger partial charge in [-0.15, -0.1) is 0 Å². The molecule has 0 fully saturated rings. The second kappa shape index (κ2) is 7.25. The third-order valence-corrected chi connectivity index (χ3v) is 3.95. The Morgan fingerprint density at radius 1 is 1.17 bits per heavy atom. The molecule has 0 bridgehead atoms. The molecule has 0 radical (unpaired) electrons. The van der Waals surface area contributed by atoms with Crippen molar-refractivity contribution in [3.8, 4) is 17.2 Å². The molecule has 0 saturated carbocycles. The number of benzene rings is 2. The maximum atomic E-state index is 12.1. The number of fused-ring (bicyclic) bond motifs is 1. The predicted octanol–water partition coefficient (Wildman–Crippen LogP) is 2.64. The van der Waals surface area contributed by atoms with Crippen LogP contribution in [0.25, 0.3) is 0 Å². The number of hydrogen-bond donors (Lipinski definition) is 1. The lowest BCUT2D eigenvalue weighted by atomic mass is 10.1. The molecule has 0 aliphatic carbocycles. The Bertz CT molecular complexity index is 729. The molecule has 3 rings (SSSR count). The van der Waals surface area contributed by atoms with Crippen LogP contribution in [0, 0.1) is 13.8 Å². The van der Waals surface area contributed by atoms with E-state index in [-0.39, 0.29) is 12.5 Å². The summed E-state index contributed by atoms with van der Waals surface area (Å²) >= 11 is 0. The van der Waals surface area contributed by atoms with Crippen LogP contribution in [0.2, 0.25) is 0 Å². The van der Waals surface area contributed by atoms with Crippen LogP contribution in [0.5, 0.6) is 17.2 Å². The van der Waals surface area contributed by atoms with Gasteiger partial charge < -0.3 is 19.5 Å². The SMILES string of the molecule is Cc1ccc(OCCNC(=O)[C@@H]2COc3ccccc3O2)cc1C. The number of hydrogen-bond acceptors (Lipinski definition) is 4. The Balaban J connectivity index is 1.44. The van der Waals surface area contributed by atoms with Gasteiger partial charge in [0.15, 0.2) is 11.5 Å². The van der Waals surface area contributed by atoms with Crippen molar-refractivity contribution in [2.45, 2.75) is 20.0 Å². The Labute approximate surface area is 141 Å². The average Bonchev–Trinajstić information content (AvgIpc) is 2.61.